The first kappa shape index (κ1) is 32.2. The molecule has 0 bridgehead atoms. The summed E-state index contributed by atoms with van der Waals surface area (Å²) in [5.74, 6) is -1.58. The molecule has 4 aromatic rings. The van der Waals surface area contributed by atoms with Crippen molar-refractivity contribution >= 4 is 45.0 Å². The lowest BCUT2D eigenvalue weighted by atomic mass is 10.0. The molecule has 0 aliphatic heterocycles. The third-order valence-electron chi connectivity index (χ3n) is 6.71. The second-order valence-corrected chi connectivity index (χ2v) is 12.8. The molecule has 4 rings (SSSR count). The van der Waals surface area contributed by atoms with Crippen LogP contribution in [0.25, 0.3) is 0 Å². The first-order valence-corrected chi connectivity index (χ1v) is 15.9. The van der Waals surface area contributed by atoms with Crippen LogP contribution in [-0.4, -0.2) is 42.2 Å². The van der Waals surface area contributed by atoms with Crippen molar-refractivity contribution in [3.8, 4) is 0 Å². The highest BCUT2D eigenvalue weighted by Gasteiger charge is 2.33. The van der Waals surface area contributed by atoms with Gasteiger partial charge in [-0.25, -0.2) is 12.8 Å². The van der Waals surface area contributed by atoms with E-state index in [2.05, 4.69) is 5.32 Å². The van der Waals surface area contributed by atoms with Crippen molar-refractivity contribution in [3.63, 3.8) is 0 Å². The first-order chi connectivity index (χ1) is 20.5. The minimum Gasteiger partial charge on any atom is -0.350 e. The number of amides is 2. The number of halogens is 3. The normalized spacial score (nSPS) is 12.1. The lowest BCUT2D eigenvalue weighted by molar-refractivity contribution is -0.141. The van der Waals surface area contributed by atoms with Gasteiger partial charge in [0, 0.05) is 29.7 Å². The van der Waals surface area contributed by atoms with Crippen LogP contribution in [0.2, 0.25) is 10.0 Å². The smallest absolute Gasteiger partial charge is 0.247 e. The summed E-state index contributed by atoms with van der Waals surface area (Å²) in [4.78, 5) is 29.3. The number of carbonyl (C=O) groups excluding carboxylic acids is 2. The molecule has 0 aromatic heterocycles. The molecule has 4 aromatic carbocycles. The van der Waals surface area contributed by atoms with Crippen LogP contribution in [0.4, 0.5) is 4.39 Å². The zero-order valence-electron chi connectivity index (χ0n) is 23.3. The van der Waals surface area contributed by atoms with Gasteiger partial charge in [-0.15, -0.1) is 0 Å². The molecule has 224 valence electrons. The van der Waals surface area contributed by atoms with Gasteiger partial charge in [-0.1, -0.05) is 102 Å². The minimum absolute atomic E-state index is 0.0347. The first-order valence-electron chi connectivity index (χ1n) is 13.3. The van der Waals surface area contributed by atoms with E-state index in [4.69, 9.17) is 23.2 Å². The number of benzene rings is 4. The van der Waals surface area contributed by atoms with Crippen LogP contribution >= 0.6 is 23.2 Å². The summed E-state index contributed by atoms with van der Waals surface area (Å²) in [5.41, 5.74) is 2.38. The van der Waals surface area contributed by atoms with Gasteiger partial charge in [-0.2, -0.15) is 4.31 Å². The summed E-state index contributed by atoms with van der Waals surface area (Å²) in [6, 6.07) is 26.9. The van der Waals surface area contributed by atoms with Crippen molar-refractivity contribution in [3.05, 3.63) is 141 Å². The molecule has 0 spiro atoms. The molecule has 0 unspecified atom stereocenters. The highest BCUT2D eigenvalue weighted by Crippen LogP contribution is 2.26. The average Bonchev–Trinajstić information content (AvgIpc) is 2.97. The number of hydrogen-bond acceptors (Lipinski definition) is 4. The fourth-order valence-corrected chi connectivity index (χ4v) is 5.69. The highest BCUT2D eigenvalue weighted by molar-refractivity contribution is 7.88. The number of nitrogens with zero attached hydrogens (tertiary/aromatic N) is 2. The quantitative estimate of drug-likeness (QED) is 0.206. The molecule has 11 heteroatoms. The Labute approximate surface area is 260 Å². The summed E-state index contributed by atoms with van der Waals surface area (Å²) in [6.45, 7) is -0.585. The molecule has 0 radical (unpaired) electrons. The maximum Gasteiger partial charge on any atom is 0.247 e. The Hall–Kier alpha value is -3.76. The lowest BCUT2D eigenvalue weighted by Crippen LogP contribution is -2.47. The van der Waals surface area contributed by atoms with Crippen molar-refractivity contribution in [2.75, 3.05) is 12.8 Å². The SMILES string of the molecule is CS(=O)(=O)N(CC(=O)N(Cc1ccc(F)cc1)[C@@H](C(=O)NCc1ccc(Cl)cc1Cl)c1ccccc1)Cc1ccccc1. The molecule has 7 nitrogen and oxygen atoms in total. The molecular formula is C32H30Cl2FN3O4S. The Bertz CT molecular complexity index is 1660. The molecule has 43 heavy (non-hydrogen) atoms. The Morgan fingerprint density at radius 1 is 0.837 bits per heavy atom. The standard InChI is InChI=1S/C32H30Cl2FN3O4S/c1-43(41,42)37(20-23-8-4-2-5-9-23)22-30(39)38(21-24-12-16-28(35)17-13-24)31(25-10-6-3-7-11-25)32(40)36-19-26-14-15-27(33)18-29(26)34/h2-18,31H,19-22H2,1H3,(H,36,40)/t31-/m1/s1. The predicted molar refractivity (Wildman–Crippen MR) is 166 cm³/mol. The molecular weight excluding hydrogens is 612 g/mol. The van der Waals surface area contributed by atoms with Gasteiger partial charge >= 0.3 is 0 Å². The van der Waals surface area contributed by atoms with Gasteiger partial charge in [0.25, 0.3) is 0 Å². The van der Waals surface area contributed by atoms with Gasteiger partial charge in [0.05, 0.1) is 12.8 Å². The number of sulfonamides is 1. The number of carbonyl (C=O) groups is 2. The molecule has 0 heterocycles. The number of rotatable bonds is 12. The third-order valence-corrected chi connectivity index (χ3v) is 8.50. The summed E-state index contributed by atoms with van der Waals surface area (Å²) in [5, 5.41) is 3.68. The van der Waals surface area contributed by atoms with Gasteiger partial charge in [-0.05, 0) is 46.5 Å². The summed E-state index contributed by atoms with van der Waals surface area (Å²) in [7, 11) is -3.83. The molecule has 0 fully saturated rings. The van der Waals surface area contributed by atoms with Crippen LogP contribution in [0.3, 0.4) is 0 Å². The summed E-state index contributed by atoms with van der Waals surface area (Å²) >= 11 is 12.3. The topological polar surface area (TPSA) is 86.8 Å². The van der Waals surface area contributed by atoms with E-state index >= 15 is 0 Å². The van der Waals surface area contributed by atoms with E-state index in [1.807, 2.05) is 6.07 Å². The molecule has 0 saturated carbocycles. The maximum atomic E-state index is 14.1. The molecule has 0 saturated heterocycles. The van der Waals surface area contributed by atoms with Gasteiger partial charge in [0.2, 0.25) is 21.8 Å². The Morgan fingerprint density at radius 2 is 1.44 bits per heavy atom. The minimum atomic E-state index is -3.83. The second-order valence-electron chi connectivity index (χ2n) is 9.93. The monoisotopic (exact) mass is 641 g/mol. The van der Waals surface area contributed by atoms with Gasteiger partial charge < -0.3 is 10.2 Å². The van der Waals surface area contributed by atoms with Crippen molar-refractivity contribution in [1.29, 1.82) is 0 Å². The van der Waals surface area contributed by atoms with Crippen molar-refractivity contribution in [2.45, 2.75) is 25.7 Å². The molecule has 1 atom stereocenters. The van der Waals surface area contributed by atoms with E-state index in [1.54, 1.807) is 72.8 Å². The molecule has 1 N–H and O–H groups in total. The number of hydrogen-bond donors (Lipinski definition) is 1. The van der Waals surface area contributed by atoms with E-state index in [1.165, 1.54) is 29.2 Å². The maximum absolute atomic E-state index is 14.1. The zero-order chi connectivity index (χ0) is 31.0. The molecule has 2 amide bonds. The van der Waals surface area contributed by atoms with Gasteiger partial charge in [0.1, 0.15) is 11.9 Å². The van der Waals surface area contributed by atoms with Crippen molar-refractivity contribution in [2.24, 2.45) is 0 Å². The van der Waals surface area contributed by atoms with Crippen LogP contribution in [0, 0.1) is 5.82 Å². The van der Waals surface area contributed by atoms with E-state index in [-0.39, 0.29) is 19.6 Å². The fraction of sp³-hybridized carbons (Fsp3) is 0.188. The van der Waals surface area contributed by atoms with Crippen molar-refractivity contribution in [1.82, 2.24) is 14.5 Å². The largest absolute Gasteiger partial charge is 0.350 e. The predicted octanol–water partition coefficient (Wildman–Crippen LogP) is 5.98. The van der Waals surface area contributed by atoms with Crippen LogP contribution in [0.5, 0.6) is 0 Å². The van der Waals surface area contributed by atoms with Crippen LogP contribution < -0.4 is 5.32 Å². The Morgan fingerprint density at radius 3 is 2.05 bits per heavy atom. The van der Waals surface area contributed by atoms with E-state index in [9.17, 15) is 22.4 Å². The third kappa shape index (κ3) is 9.11. The van der Waals surface area contributed by atoms with Crippen molar-refractivity contribution < 1.29 is 22.4 Å². The highest BCUT2D eigenvalue weighted by atomic mass is 35.5. The van der Waals surface area contributed by atoms with E-state index in [0.717, 1.165) is 10.6 Å². The lowest BCUT2D eigenvalue weighted by Gasteiger charge is -2.33. The van der Waals surface area contributed by atoms with Crippen LogP contribution in [-0.2, 0) is 39.2 Å². The molecule has 0 aliphatic rings. The van der Waals surface area contributed by atoms with Gasteiger partial charge in [-0.3, -0.25) is 9.59 Å². The Kier molecular flexibility index (Phi) is 10.9. The van der Waals surface area contributed by atoms with Crippen LogP contribution in [0.1, 0.15) is 28.3 Å². The van der Waals surface area contributed by atoms with E-state index < -0.39 is 40.2 Å². The summed E-state index contributed by atoms with van der Waals surface area (Å²) < 4.78 is 40.4. The second kappa shape index (κ2) is 14.6. The zero-order valence-corrected chi connectivity index (χ0v) is 25.6. The summed E-state index contributed by atoms with van der Waals surface area (Å²) in [6.07, 6.45) is 1.03. The fourth-order valence-electron chi connectivity index (χ4n) is 4.48. The number of nitrogens with one attached hydrogen (secondary N) is 1. The average molecular weight is 643 g/mol. The molecule has 0 aliphatic carbocycles. The van der Waals surface area contributed by atoms with Gasteiger partial charge in [0.15, 0.2) is 0 Å². The van der Waals surface area contributed by atoms with E-state index in [0.29, 0.717) is 32.3 Å². The Balaban J connectivity index is 1.70. The van der Waals surface area contributed by atoms with Crippen LogP contribution in [0.15, 0.2) is 103 Å².